The maximum Gasteiger partial charge on any atom is 0.391 e. The Morgan fingerprint density at radius 2 is 1.72 bits per heavy atom. The summed E-state index contributed by atoms with van der Waals surface area (Å²) in [6.45, 7) is 1.21. The fraction of sp³-hybridized carbons (Fsp3) is 0.238. The summed E-state index contributed by atoms with van der Waals surface area (Å²) in [6, 6.07) is 11.0. The standard InChI is InChI=1S/C21H17F5N2O/c1-20(12-21(24,25)26,10-14-5-2-3-7-16(14)22)28-19(29)15-9-13-6-4-8-17(23)18(13)27-11-15/h2-9,11H,10,12H2,1H3,(H,28,29). The number of pyridine rings is 1. The molecule has 0 aliphatic rings. The van der Waals surface area contributed by atoms with Gasteiger partial charge in [-0.15, -0.1) is 0 Å². The molecular weight excluding hydrogens is 391 g/mol. The van der Waals surface area contributed by atoms with Gasteiger partial charge in [0.2, 0.25) is 0 Å². The van der Waals surface area contributed by atoms with Crippen LogP contribution in [0.25, 0.3) is 10.9 Å². The molecule has 0 spiro atoms. The molecule has 29 heavy (non-hydrogen) atoms. The number of nitrogens with zero attached hydrogens (tertiary/aromatic N) is 1. The highest BCUT2D eigenvalue weighted by molar-refractivity contribution is 5.97. The molecule has 1 heterocycles. The molecule has 8 heteroatoms. The number of benzene rings is 2. The van der Waals surface area contributed by atoms with Gasteiger partial charge in [0.25, 0.3) is 5.91 Å². The summed E-state index contributed by atoms with van der Waals surface area (Å²) in [7, 11) is 0. The van der Waals surface area contributed by atoms with Gasteiger partial charge in [0.05, 0.1) is 17.5 Å². The maximum absolute atomic E-state index is 14.0. The molecule has 0 aliphatic carbocycles. The lowest BCUT2D eigenvalue weighted by Crippen LogP contribution is -2.50. The Morgan fingerprint density at radius 3 is 2.41 bits per heavy atom. The lowest BCUT2D eigenvalue weighted by Gasteiger charge is -2.32. The maximum atomic E-state index is 14.0. The zero-order valence-electron chi connectivity index (χ0n) is 15.4. The van der Waals surface area contributed by atoms with Gasteiger partial charge in [0.15, 0.2) is 0 Å². The minimum absolute atomic E-state index is 0.0231. The van der Waals surface area contributed by atoms with Gasteiger partial charge in [0, 0.05) is 11.6 Å². The first-order valence-corrected chi connectivity index (χ1v) is 8.73. The van der Waals surface area contributed by atoms with Gasteiger partial charge in [-0.25, -0.2) is 8.78 Å². The molecule has 0 saturated heterocycles. The Kier molecular flexibility index (Phi) is 5.55. The van der Waals surface area contributed by atoms with Crippen LogP contribution in [0.3, 0.4) is 0 Å². The molecule has 1 aromatic heterocycles. The molecule has 3 rings (SSSR count). The van der Waals surface area contributed by atoms with Crippen LogP contribution in [0.1, 0.15) is 29.3 Å². The molecule has 3 nitrogen and oxygen atoms in total. The van der Waals surface area contributed by atoms with E-state index in [9.17, 15) is 26.7 Å². The van der Waals surface area contributed by atoms with Crippen molar-refractivity contribution in [2.75, 3.05) is 0 Å². The van der Waals surface area contributed by atoms with Crippen LogP contribution in [0.5, 0.6) is 0 Å². The number of aromatic nitrogens is 1. The number of halogens is 5. The molecule has 0 bridgehead atoms. The summed E-state index contributed by atoms with van der Waals surface area (Å²) in [5.74, 6) is -2.04. The predicted octanol–water partition coefficient (Wildman–Crippen LogP) is 5.20. The Hall–Kier alpha value is -3.03. The molecule has 3 aromatic rings. The Balaban J connectivity index is 1.90. The minimum Gasteiger partial charge on any atom is -0.346 e. The van der Waals surface area contributed by atoms with Crippen molar-refractivity contribution in [1.29, 1.82) is 0 Å². The molecule has 0 aliphatic heterocycles. The predicted molar refractivity (Wildman–Crippen MR) is 98.3 cm³/mol. The van der Waals surface area contributed by atoms with Gasteiger partial charge in [-0.05, 0) is 37.1 Å². The third kappa shape index (κ3) is 5.07. The normalized spacial score (nSPS) is 13.9. The molecular formula is C21H17F5N2O. The van der Waals surface area contributed by atoms with Crippen molar-refractivity contribution < 1.29 is 26.7 Å². The van der Waals surface area contributed by atoms with Crippen LogP contribution < -0.4 is 5.32 Å². The SMILES string of the molecule is CC(Cc1ccccc1F)(CC(F)(F)F)NC(=O)c1cnc2c(F)cccc2c1. The van der Waals surface area contributed by atoms with E-state index in [1.54, 1.807) is 0 Å². The number of nitrogens with one attached hydrogen (secondary N) is 1. The third-order valence-corrected chi connectivity index (χ3v) is 4.47. The van der Waals surface area contributed by atoms with E-state index < -0.39 is 35.7 Å². The van der Waals surface area contributed by atoms with Crippen LogP contribution in [-0.2, 0) is 6.42 Å². The van der Waals surface area contributed by atoms with Gasteiger partial charge in [-0.2, -0.15) is 13.2 Å². The monoisotopic (exact) mass is 408 g/mol. The number of carbonyl (C=O) groups is 1. The quantitative estimate of drug-likeness (QED) is 0.590. The molecule has 1 atom stereocenters. The highest BCUT2D eigenvalue weighted by atomic mass is 19.4. The van der Waals surface area contributed by atoms with Crippen LogP contribution in [0.2, 0.25) is 0 Å². The summed E-state index contributed by atoms with van der Waals surface area (Å²) in [5.41, 5.74) is -1.72. The van der Waals surface area contributed by atoms with Gasteiger partial charge < -0.3 is 5.32 Å². The van der Waals surface area contributed by atoms with Crippen molar-refractivity contribution in [3.8, 4) is 0 Å². The number of hydrogen-bond donors (Lipinski definition) is 1. The van der Waals surface area contributed by atoms with Gasteiger partial charge in [-0.3, -0.25) is 9.78 Å². The second-order valence-electron chi connectivity index (χ2n) is 7.11. The van der Waals surface area contributed by atoms with Gasteiger partial charge in [0.1, 0.15) is 17.2 Å². The van der Waals surface area contributed by atoms with E-state index in [4.69, 9.17) is 0 Å². The Morgan fingerprint density at radius 1 is 1.03 bits per heavy atom. The van der Waals surface area contributed by atoms with Crippen LogP contribution in [0, 0.1) is 11.6 Å². The Bertz CT molecular complexity index is 1050. The van der Waals surface area contributed by atoms with Crippen molar-refractivity contribution in [3.63, 3.8) is 0 Å². The summed E-state index contributed by atoms with van der Waals surface area (Å²) in [4.78, 5) is 16.5. The number of rotatable bonds is 5. The van der Waals surface area contributed by atoms with Crippen LogP contribution in [0.15, 0.2) is 54.7 Å². The first kappa shape index (κ1) is 20.7. The molecule has 2 aromatic carbocycles. The smallest absolute Gasteiger partial charge is 0.346 e. The topological polar surface area (TPSA) is 42.0 Å². The zero-order chi connectivity index (χ0) is 21.2. The van der Waals surface area contributed by atoms with E-state index in [0.29, 0.717) is 5.39 Å². The largest absolute Gasteiger partial charge is 0.391 e. The summed E-state index contributed by atoms with van der Waals surface area (Å²) < 4.78 is 67.2. The van der Waals surface area contributed by atoms with Crippen molar-refractivity contribution in [2.24, 2.45) is 0 Å². The van der Waals surface area contributed by atoms with Crippen LogP contribution in [-0.4, -0.2) is 22.6 Å². The lowest BCUT2D eigenvalue weighted by molar-refractivity contribution is -0.147. The fourth-order valence-electron chi connectivity index (χ4n) is 3.25. The van der Waals surface area contributed by atoms with E-state index in [-0.39, 0.29) is 23.1 Å². The van der Waals surface area contributed by atoms with Crippen molar-refractivity contribution in [3.05, 3.63) is 77.5 Å². The number of hydrogen-bond acceptors (Lipinski definition) is 2. The van der Waals surface area contributed by atoms with E-state index in [0.717, 1.165) is 12.3 Å². The molecule has 1 amide bonds. The first-order valence-electron chi connectivity index (χ1n) is 8.73. The summed E-state index contributed by atoms with van der Waals surface area (Å²) >= 11 is 0. The molecule has 152 valence electrons. The number of fused-ring (bicyclic) bond motifs is 1. The summed E-state index contributed by atoms with van der Waals surface area (Å²) in [6.07, 6.45) is -5.20. The minimum atomic E-state index is -4.59. The number of para-hydroxylation sites is 1. The average Bonchev–Trinajstić information content (AvgIpc) is 2.62. The summed E-state index contributed by atoms with van der Waals surface area (Å²) in [5, 5.41) is 2.70. The molecule has 0 radical (unpaired) electrons. The number of carbonyl (C=O) groups excluding carboxylic acids is 1. The molecule has 1 unspecified atom stereocenters. The van der Waals surface area contributed by atoms with E-state index in [2.05, 4.69) is 10.3 Å². The molecule has 1 N–H and O–H groups in total. The van der Waals surface area contributed by atoms with E-state index in [1.807, 2.05) is 0 Å². The van der Waals surface area contributed by atoms with Crippen molar-refractivity contribution >= 4 is 16.8 Å². The van der Waals surface area contributed by atoms with E-state index >= 15 is 0 Å². The molecule has 0 fully saturated rings. The van der Waals surface area contributed by atoms with Gasteiger partial charge >= 0.3 is 6.18 Å². The zero-order valence-corrected chi connectivity index (χ0v) is 15.4. The second kappa shape index (κ2) is 7.77. The van der Waals surface area contributed by atoms with Gasteiger partial charge in [-0.1, -0.05) is 30.3 Å². The number of amides is 1. The van der Waals surface area contributed by atoms with Crippen molar-refractivity contribution in [1.82, 2.24) is 10.3 Å². The van der Waals surface area contributed by atoms with E-state index in [1.165, 1.54) is 49.4 Å². The highest BCUT2D eigenvalue weighted by Gasteiger charge is 2.41. The second-order valence-corrected chi connectivity index (χ2v) is 7.11. The van der Waals surface area contributed by atoms with Crippen molar-refractivity contribution in [2.45, 2.75) is 31.5 Å². The average molecular weight is 408 g/mol. The van der Waals surface area contributed by atoms with Crippen LogP contribution in [0.4, 0.5) is 22.0 Å². The Labute approximate surface area is 163 Å². The third-order valence-electron chi connectivity index (χ3n) is 4.47. The van der Waals surface area contributed by atoms with Crippen LogP contribution >= 0.6 is 0 Å². The number of alkyl halides is 3. The lowest BCUT2D eigenvalue weighted by atomic mass is 9.88. The fourth-order valence-corrected chi connectivity index (χ4v) is 3.25. The molecule has 0 saturated carbocycles. The first-order chi connectivity index (χ1) is 13.6. The highest BCUT2D eigenvalue weighted by Crippen LogP contribution is 2.31.